The van der Waals surface area contributed by atoms with Gasteiger partial charge in [-0.05, 0) is 36.8 Å². The predicted molar refractivity (Wildman–Crippen MR) is 101 cm³/mol. The van der Waals surface area contributed by atoms with Gasteiger partial charge in [0, 0.05) is 13.6 Å². The predicted octanol–water partition coefficient (Wildman–Crippen LogP) is 2.91. The van der Waals surface area contributed by atoms with Crippen molar-refractivity contribution in [3.8, 4) is 5.75 Å². The lowest BCUT2D eigenvalue weighted by molar-refractivity contribution is -0.137. The largest absolute Gasteiger partial charge is 0.494 e. The number of carbonyl (C=O) groups excluding carboxylic acids is 1. The SMILES string of the molecule is CN(CCCOc1ccccc1)C(=O)CNS(=O)(=O)c1cccc(C(F)(F)F)c1. The van der Waals surface area contributed by atoms with Crippen LogP contribution in [-0.4, -0.2) is 46.0 Å². The van der Waals surface area contributed by atoms with Crippen LogP contribution in [0.25, 0.3) is 0 Å². The zero-order valence-electron chi connectivity index (χ0n) is 15.6. The molecule has 0 saturated carbocycles. The Kier molecular flexibility index (Phi) is 7.63. The van der Waals surface area contributed by atoms with E-state index in [-0.39, 0.29) is 0 Å². The van der Waals surface area contributed by atoms with Gasteiger partial charge in [-0.3, -0.25) is 4.79 Å². The number of benzene rings is 2. The van der Waals surface area contributed by atoms with Crippen LogP contribution in [-0.2, 0) is 21.0 Å². The molecule has 1 amide bonds. The van der Waals surface area contributed by atoms with Gasteiger partial charge in [0.15, 0.2) is 0 Å². The normalized spacial score (nSPS) is 11.9. The highest BCUT2D eigenvalue weighted by Gasteiger charge is 2.31. The lowest BCUT2D eigenvalue weighted by Gasteiger charge is -2.18. The van der Waals surface area contributed by atoms with E-state index in [0.717, 1.165) is 18.2 Å². The Morgan fingerprint density at radius 3 is 2.45 bits per heavy atom. The van der Waals surface area contributed by atoms with Crippen molar-refractivity contribution < 1.29 is 31.1 Å². The van der Waals surface area contributed by atoms with E-state index in [1.807, 2.05) is 22.9 Å². The minimum atomic E-state index is -4.66. The standard InChI is InChI=1S/C19H21F3N2O4S/c1-24(11-6-12-28-16-8-3-2-4-9-16)18(25)14-23-29(26,27)17-10-5-7-15(13-17)19(20,21)22/h2-5,7-10,13,23H,6,11-12,14H2,1H3. The van der Waals surface area contributed by atoms with Crippen LogP contribution < -0.4 is 9.46 Å². The average Bonchev–Trinajstić information content (AvgIpc) is 2.69. The number of hydrogen-bond donors (Lipinski definition) is 1. The number of likely N-dealkylation sites (N-methyl/N-ethyl adjacent to an activating group) is 1. The molecule has 0 aliphatic carbocycles. The summed E-state index contributed by atoms with van der Waals surface area (Å²) in [5.41, 5.74) is -1.08. The first-order valence-electron chi connectivity index (χ1n) is 8.68. The van der Waals surface area contributed by atoms with Crippen molar-refractivity contribution in [3.05, 3.63) is 60.2 Å². The summed E-state index contributed by atoms with van der Waals surface area (Å²) >= 11 is 0. The lowest BCUT2D eigenvalue weighted by Crippen LogP contribution is -2.38. The zero-order valence-corrected chi connectivity index (χ0v) is 16.5. The Bertz CT molecular complexity index is 919. The van der Waals surface area contributed by atoms with Crippen molar-refractivity contribution in [2.24, 2.45) is 0 Å². The number of carbonyl (C=O) groups is 1. The molecule has 0 bridgehead atoms. The van der Waals surface area contributed by atoms with E-state index >= 15 is 0 Å². The molecule has 2 aromatic carbocycles. The molecule has 0 spiro atoms. The van der Waals surface area contributed by atoms with Crippen LogP contribution in [0.15, 0.2) is 59.5 Å². The van der Waals surface area contributed by atoms with E-state index in [1.54, 1.807) is 12.1 Å². The molecule has 0 radical (unpaired) electrons. The number of nitrogens with one attached hydrogen (secondary N) is 1. The van der Waals surface area contributed by atoms with Crippen LogP contribution in [0.1, 0.15) is 12.0 Å². The fraction of sp³-hybridized carbons (Fsp3) is 0.316. The molecule has 0 fully saturated rings. The molecule has 158 valence electrons. The number of para-hydroxylation sites is 1. The zero-order chi connectivity index (χ0) is 21.5. The second-order valence-electron chi connectivity index (χ2n) is 6.18. The van der Waals surface area contributed by atoms with Gasteiger partial charge in [-0.2, -0.15) is 13.2 Å². The number of amides is 1. The number of alkyl halides is 3. The fourth-order valence-corrected chi connectivity index (χ4v) is 3.37. The molecule has 1 N–H and O–H groups in total. The number of hydrogen-bond acceptors (Lipinski definition) is 4. The topological polar surface area (TPSA) is 75.7 Å². The molecule has 29 heavy (non-hydrogen) atoms. The van der Waals surface area contributed by atoms with Gasteiger partial charge in [0.05, 0.1) is 23.6 Å². The first-order valence-corrected chi connectivity index (χ1v) is 10.2. The van der Waals surface area contributed by atoms with Gasteiger partial charge in [0.1, 0.15) is 5.75 Å². The molecule has 0 aliphatic heterocycles. The molecule has 0 unspecified atom stereocenters. The summed E-state index contributed by atoms with van der Waals surface area (Å²) in [4.78, 5) is 12.9. The van der Waals surface area contributed by atoms with Gasteiger partial charge >= 0.3 is 6.18 Å². The van der Waals surface area contributed by atoms with Crippen LogP contribution in [0, 0.1) is 0 Å². The molecular formula is C19H21F3N2O4S. The van der Waals surface area contributed by atoms with Gasteiger partial charge in [-0.15, -0.1) is 0 Å². The summed E-state index contributed by atoms with van der Waals surface area (Å²) in [7, 11) is -2.75. The second-order valence-corrected chi connectivity index (χ2v) is 7.95. The van der Waals surface area contributed by atoms with E-state index in [1.165, 1.54) is 11.9 Å². The van der Waals surface area contributed by atoms with Crippen LogP contribution in [0.5, 0.6) is 5.75 Å². The summed E-state index contributed by atoms with van der Waals surface area (Å²) in [5, 5.41) is 0. The van der Waals surface area contributed by atoms with Crippen molar-refractivity contribution in [1.82, 2.24) is 9.62 Å². The lowest BCUT2D eigenvalue weighted by atomic mass is 10.2. The summed E-state index contributed by atoms with van der Waals surface area (Å²) in [6.07, 6.45) is -4.14. The minimum Gasteiger partial charge on any atom is -0.494 e. The number of sulfonamides is 1. The monoisotopic (exact) mass is 430 g/mol. The van der Waals surface area contributed by atoms with Gasteiger partial charge in [-0.25, -0.2) is 13.1 Å². The van der Waals surface area contributed by atoms with Gasteiger partial charge in [0.2, 0.25) is 15.9 Å². The maximum Gasteiger partial charge on any atom is 0.416 e. The molecule has 0 aliphatic rings. The van der Waals surface area contributed by atoms with Crippen LogP contribution in [0.4, 0.5) is 13.2 Å². The number of ether oxygens (including phenoxy) is 1. The van der Waals surface area contributed by atoms with E-state index in [4.69, 9.17) is 4.74 Å². The maximum absolute atomic E-state index is 12.7. The number of rotatable bonds is 9. The smallest absolute Gasteiger partial charge is 0.416 e. The fourth-order valence-electron chi connectivity index (χ4n) is 2.35. The molecule has 10 heteroatoms. The minimum absolute atomic E-state index is 0.330. The third-order valence-corrected chi connectivity index (χ3v) is 5.36. The molecule has 0 aromatic heterocycles. The molecular weight excluding hydrogens is 409 g/mol. The van der Waals surface area contributed by atoms with Crippen molar-refractivity contribution in [2.45, 2.75) is 17.5 Å². The first-order chi connectivity index (χ1) is 13.6. The van der Waals surface area contributed by atoms with Gasteiger partial charge in [0.25, 0.3) is 0 Å². The molecule has 2 rings (SSSR count). The highest BCUT2D eigenvalue weighted by atomic mass is 32.2. The third-order valence-electron chi connectivity index (χ3n) is 3.96. The quantitative estimate of drug-likeness (QED) is 0.621. The molecule has 6 nitrogen and oxygen atoms in total. The Balaban J connectivity index is 1.82. The summed E-state index contributed by atoms with van der Waals surface area (Å²) < 4.78 is 70.1. The third kappa shape index (κ3) is 7.06. The Morgan fingerprint density at radius 2 is 1.79 bits per heavy atom. The Labute approximate surface area is 167 Å². The van der Waals surface area contributed by atoms with Crippen molar-refractivity contribution in [1.29, 1.82) is 0 Å². The van der Waals surface area contributed by atoms with Crippen LogP contribution in [0.3, 0.4) is 0 Å². The van der Waals surface area contributed by atoms with E-state index in [2.05, 4.69) is 0 Å². The van der Waals surface area contributed by atoms with E-state index in [0.29, 0.717) is 31.4 Å². The van der Waals surface area contributed by atoms with Crippen LogP contribution >= 0.6 is 0 Å². The highest BCUT2D eigenvalue weighted by molar-refractivity contribution is 7.89. The van der Waals surface area contributed by atoms with Crippen molar-refractivity contribution in [3.63, 3.8) is 0 Å². The number of nitrogens with zero attached hydrogens (tertiary/aromatic N) is 1. The van der Waals surface area contributed by atoms with Gasteiger partial charge in [-0.1, -0.05) is 24.3 Å². The maximum atomic E-state index is 12.7. The molecule has 0 heterocycles. The summed E-state index contributed by atoms with van der Waals surface area (Å²) in [6.45, 7) is 0.142. The second kappa shape index (κ2) is 9.75. The van der Waals surface area contributed by atoms with Gasteiger partial charge < -0.3 is 9.64 Å². The first kappa shape index (κ1) is 22.7. The van der Waals surface area contributed by atoms with Crippen molar-refractivity contribution in [2.75, 3.05) is 26.7 Å². The van der Waals surface area contributed by atoms with Crippen molar-refractivity contribution >= 4 is 15.9 Å². The Hall–Kier alpha value is -2.59. The highest BCUT2D eigenvalue weighted by Crippen LogP contribution is 2.30. The number of halogens is 3. The van der Waals surface area contributed by atoms with E-state index in [9.17, 15) is 26.4 Å². The molecule has 0 atom stereocenters. The molecule has 0 saturated heterocycles. The Morgan fingerprint density at radius 1 is 1.10 bits per heavy atom. The van der Waals surface area contributed by atoms with Crippen LogP contribution in [0.2, 0.25) is 0 Å². The summed E-state index contributed by atoms with van der Waals surface area (Å²) in [5.74, 6) is 0.190. The van der Waals surface area contributed by atoms with E-state index < -0.39 is 39.1 Å². The molecule has 2 aromatic rings. The average molecular weight is 430 g/mol. The summed E-state index contributed by atoms with van der Waals surface area (Å²) in [6, 6.07) is 12.5.